The molecule has 444 valence electrons. The summed E-state index contributed by atoms with van der Waals surface area (Å²) >= 11 is 13.2. The number of hydrogen-bond acceptors (Lipinski definition) is 16. The number of amides is 2. The Morgan fingerprint density at radius 3 is 1.48 bits per heavy atom. The molecular formula is C58H55Br2ClN8O14S2. The number of fused-ring (bicyclic) bond motifs is 2. The number of ether oxygens (including phenoxy) is 4. The summed E-state index contributed by atoms with van der Waals surface area (Å²) in [6.07, 6.45) is 1.56. The fraction of sp³-hybridized carbons (Fsp3) is 0.207. The Kier molecular flexibility index (Phi) is 20.9. The van der Waals surface area contributed by atoms with Crippen molar-refractivity contribution in [3.8, 4) is 11.5 Å². The smallest absolute Gasteiger partial charge is 0.410 e. The van der Waals surface area contributed by atoms with Gasteiger partial charge in [0.05, 0.1) is 41.7 Å². The average Bonchev–Trinajstić information content (AvgIpc) is 2.82. The Balaban J connectivity index is 0.000000191. The van der Waals surface area contributed by atoms with Crippen LogP contribution < -0.4 is 20.5 Å². The molecule has 0 unspecified atom stereocenters. The number of nitrogens with two attached hydrogens (primary N) is 1. The van der Waals surface area contributed by atoms with Crippen molar-refractivity contribution in [2.45, 2.75) is 23.0 Å². The lowest BCUT2D eigenvalue weighted by molar-refractivity contribution is 0.0683. The van der Waals surface area contributed by atoms with E-state index >= 15 is 0 Å². The van der Waals surface area contributed by atoms with Gasteiger partial charge in [0, 0.05) is 90.2 Å². The molecule has 6 aromatic carbocycles. The Morgan fingerprint density at radius 1 is 0.576 bits per heavy atom. The van der Waals surface area contributed by atoms with Gasteiger partial charge < -0.3 is 50.0 Å². The number of aromatic carboxylic acids is 2. The topological polar surface area (TPSA) is 291 Å². The van der Waals surface area contributed by atoms with Crippen LogP contribution in [0, 0.1) is 0 Å². The number of anilines is 3. The molecule has 0 saturated carbocycles. The molecule has 0 atom stereocenters. The second-order valence-electron chi connectivity index (χ2n) is 18.7. The minimum absolute atomic E-state index is 0.0139. The number of benzene rings is 6. The first-order valence-corrected chi connectivity index (χ1v) is 30.6. The summed E-state index contributed by atoms with van der Waals surface area (Å²) in [7, 11) is -5.23. The predicted octanol–water partition coefficient (Wildman–Crippen LogP) is 10.4. The van der Waals surface area contributed by atoms with Crippen molar-refractivity contribution in [1.29, 1.82) is 0 Å². The summed E-state index contributed by atoms with van der Waals surface area (Å²) < 4.78 is 79.3. The maximum absolute atomic E-state index is 14.0. The molecule has 0 aliphatic carbocycles. The first-order valence-electron chi connectivity index (χ1n) is 25.8. The van der Waals surface area contributed by atoms with Gasteiger partial charge in [-0.3, -0.25) is 9.97 Å². The van der Waals surface area contributed by atoms with Crippen LogP contribution in [0.1, 0.15) is 31.8 Å². The van der Waals surface area contributed by atoms with Gasteiger partial charge in [-0.25, -0.2) is 36.0 Å². The van der Waals surface area contributed by atoms with E-state index in [9.17, 15) is 41.1 Å². The number of piperazine rings is 2. The molecular weight excluding hydrogens is 1290 g/mol. The second kappa shape index (κ2) is 28.2. The van der Waals surface area contributed by atoms with Crippen molar-refractivity contribution in [2.75, 3.05) is 77.6 Å². The Labute approximate surface area is 511 Å². The van der Waals surface area contributed by atoms with Gasteiger partial charge >= 0.3 is 24.1 Å². The minimum Gasteiger partial charge on any atom is -0.496 e. The van der Waals surface area contributed by atoms with E-state index in [1.807, 2.05) is 66.7 Å². The summed E-state index contributed by atoms with van der Waals surface area (Å²) in [6.45, 7) is 1.42. The van der Waals surface area contributed by atoms with Crippen molar-refractivity contribution in [1.82, 2.24) is 28.4 Å². The van der Waals surface area contributed by atoms with E-state index in [0.29, 0.717) is 26.3 Å². The van der Waals surface area contributed by atoms with Crippen molar-refractivity contribution in [3.05, 3.63) is 182 Å². The molecule has 2 aromatic heterocycles. The largest absolute Gasteiger partial charge is 0.496 e. The van der Waals surface area contributed by atoms with Crippen LogP contribution in [0.2, 0.25) is 5.02 Å². The number of sulfonamides is 2. The van der Waals surface area contributed by atoms with Crippen molar-refractivity contribution in [2.24, 2.45) is 0 Å². The van der Waals surface area contributed by atoms with Crippen molar-refractivity contribution < 1.29 is 65.2 Å². The molecule has 85 heavy (non-hydrogen) atoms. The van der Waals surface area contributed by atoms with Crippen LogP contribution in [0.15, 0.2) is 165 Å². The van der Waals surface area contributed by atoms with Gasteiger partial charge in [0.2, 0.25) is 20.0 Å². The van der Waals surface area contributed by atoms with Crippen LogP contribution in [0.4, 0.5) is 26.7 Å². The van der Waals surface area contributed by atoms with Crippen LogP contribution in [0.25, 0.3) is 21.8 Å². The monoisotopic (exact) mass is 1340 g/mol. The molecule has 22 nitrogen and oxygen atoms in total. The van der Waals surface area contributed by atoms with E-state index in [1.54, 1.807) is 48.5 Å². The van der Waals surface area contributed by atoms with Crippen LogP contribution in [0.3, 0.4) is 0 Å². The Morgan fingerprint density at radius 2 is 1.01 bits per heavy atom. The molecule has 27 heteroatoms. The number of carbonyl (C=O) groups excluding carboxylic acids is 2. The van der Waals surface area contributed by atoms with Gasteiger partial charge in [-0.2, -0.15) is 8.61 Å². The number of nitrogens with zero attached hydrogens (tertiary/aromatic N) is 6. The minimum atomic E-state index is -4.13. The molecule has 10 rings (SSSR count). The number of carboxylic acids is 2. The molecule has 4 heterocycles. The maximum Gasteiger partial charge on any atom is 0.410 e. The normalized spacial score (nSPS) is 13.8. The molecule has 2 saturated heterocycles. The number of nitrogens with one attached hydrogen (secondary N) is 1. The Hall–Kier alpha value is -8.11. The lowest BCUT2D eigenvalue weighted by Gasteiger charge is -2.33. The second-order valence-corrected chi connectivity index (χ2v) is 24.7. The van der Waals surface area contributed by atoms with Gasteiger partial charge in [0.1, 0.15) is 45.6 Å². The first kappa shape index (κ1) is 62.9. The first-order chi connectivity index (χ1) is 40.7. The highest BCUT2D eigenvalue weighted by Crippen LogP contribution is 2.38. The predicted molar refractivity (Wildman–Crippen MR) is 325 cm³/mol. The fourth-order valence-electron chi connectivity index (χ4n) is 8.99. The average molecular weight is 1350 g/mol. The van der Waals surface area contributed by atoms with Gasteiger partial charge in [-0.15, -0.1) is 0 Å². The molecule has 0 radical (unpaired) electrons. The van der Waals surface area contributed by atoms with E-state index in [2.05, 4.69) is 47.1 Å². The number of nitrogen functional groups attached to an aromatic ring is 1. The maximum atomic E-state index is 14.0. The molecule has 5 N–H and O–H groups in total. The van der Waals surface area contributed by atoms with Crippen LogP contribution in [0.5, 0.6) is 11.5 Å². The number of hydrogen-bond donors (Lipinski definition) is 4. The summed E-state index contributed by atoms with van der Waals surface area (Å²) in [6, 6.07) is 38.6. The number of pyridine rings is 2. The fourth-order valence-corrected chi connectivity index (χ4v) is 13.2. The van der Waals surface area contributed by atoms with Gasteiger partial charge in [0.25, 0.3) is 0 Å². The zero-order valence-corrected chi connectivity index (χ0v) is 51.0. The van der Waals surface area contributed by atoms with E-state index < -0.39 is 44.2 Å². The number of methoxy groups -OCH3 is 2. The molecule has 0 spiro atoms. The molecule has 2 fully saturated rings. The number of carbonyl (C=O) groups is 4. The summed E-state index contributed by atoms with van der Waals surface area (Å²) in [5.41, 5.74) is 8.69. The highest BCUT2D eigenvalue weighted by atomic mass is 79.9. The summed E-state index contributed by atoms with van der Waals surface area (Å²) in [5.74, 6) is -1.92. The van der Waals surface area contributed by atoms with Crippen LogP contribution in [-0.4, -0.2) is 146 Å². The molecule has 0 bridgehead atoms. The highest BCUT2D eigenvalue weighted by molar-refractivity contribution is 9.10. The van der Waals surface area contributed by atoms with Gasteiger partial charge in [-0.1, -0.05) is 116 Å². The number of halogens is 3. The zero-order valence-electron chi connectivity index (χ0n) is 45.4. The Bertz CT molecular complexity index is 3990. The number of aromatic nitrogens is 2. The van der Waals surface area contributed by atoms with Crippen molar-refractivity contribution in [3.63, 3.8) is 0 Å². The number of rotatable bonds is 14. The van der Waals surface area contributed by atoms with E-state index in [1.165, 1.54) is 63.2 Å². The zero-order chi connectivity index (χ0) is 61.0. The molecule has 2 aliphatic heterocycles. The standard InChI is InChI=1S/C29H27BrN4O7S.C21H19BrClN3O4S.C8H9NO3/c1-40-24-9-5-8-23(26(24)28(35)36)32-27-21-16-20(30)10-11-22(21)31-17-25(27)42(38,39)34-14-12-33(13-15-34)29(37)41-18-19-6-3-2-4-7-19;22-16-6-7-18-17(12-16)20(23)19(13-24-18)31(28,29)26-10-8-25(9-11-26)21(27)30-14-15-4-2-1-3-5-15;1-12-6-4-2-3-5(9)7(6)8(10)11/h2-11,16-17H,12-15,18H2,1H3,(H,31,32)(H,35,36);1-7,12-13H,8-11,14H2;2-4H,9H2,1H3,(H,10,11). The van der Waals surface area contributed by atoms with E-state index in [-0.39, 0.29) is 120 Å². The van der Waals surface area contributed by atoms with E-state index in [0.717, 1.165) is 15.6 Å². The number of carboxylic acid groups (broad SMARTS) is 2. The quantitative estimate of drug-likeness (QED) is 0.0736. The van der Waals surface area contributed by atoms with E-state index in [4.69, 9.17) is 41.4 Å². The van der Waals surface area contributed by atoms with Crippen molar-refractivity contribution >= 4 is 127 Å². The lowest BCUT2D eigenvalue weighted by atomic mass is 10.1. The van der Waals surface area contributed by atoms with Crippen LogP contribution >= 0.6 is 43.5 Å². The van der Waals surface area contributed by atoms with Crippen LogP contribution in [-0.2, 0) is 42.7 Å². The molecule has 2 amide bonds. The summed E-state index contributed by atoms with van der Waals surface area (Å²) in [4.78, 5) is 59.2. The third-order valence-corrected chi connectivity index (χ3v) is 18.7. The highest BCUT2D eigenvalue weighted by Gasteiger charge is 2.35. The van der Waals surface area contributed by atoms with Gasteiger partial charge in [0.15, 0.2) is 0 Å². The SMILES string of the molecule is COc1cccc(N)c1C(=O)O.COc1cccc(Nc2c(S(=O)(=O)N3CCN(C(=O)OCc4ccccc4)CC3)cnc3ccc(Br)cc23)c1C(=O)O.O=C(OCc1ccccc1)N1CCN(S(=O)(=O)c2cnc3ccc(Br)cc3c2Cl)CC1. The summed E-state index contributed by atoms with van der Waals surface area (Å²) in [5, 5.41) is 22.8. The molecule has 8 aromatic rings. The molecule has 2 aliphatic rings. The lowest BCUT2D eigenvalue weighted by Crippen LogP contribution is -2.50. The third-order valence-electron chi connectivity index (χ3n) is 13.4. The third kappa shape index (κ3) is 15.1. The van der Waals surface area contributed by atoms with Gasteiger partial charge in [-0.05, 0) is 71.8 Å².